The molecule has 0 saturated heterocycles. The highest BCUT2D eigenvalue weighted by molar-refractivity contribution is 7.92. The molecule has 1 fully saturated rings. The van der Waals surface area contributed by atoms with Crippen molar-refractivity contribution < 1.29 is 27.7 Å². The fourth-order valence-corrected chi connectivity index (χ4v) is 6.50. The molecule has 240 valence electrons. The number of ether oxygens (including phenoxy) is 1. The van der Waals surface area contributed by atoms with Crippen molar-refractivity contribution >= 4 is 33.2 Å². The summed E-state index contributed by atoms with van der Waals surface area (Å²) in [5.41, 5.74) is 2.03. The van der Waals surface area contributed by atoms with E-state index >= 15 is 0 Å². The number of anilines is 1. The predicted molar refractivity (Wildman–Crippen MR) is 173 cm³/mol. The summed E-state index contributed by atoms with van der Waals surface area (Å²) in [6.07, 6.45) is 5.95. The van der Waals surface area contributed by atoms with Crippen LogP contribution in [-0.4, -0.2) is 62.0 Å². The normalized spacial score (nSPS) is 14.3. The molecule has 1 saturated carbocycles. The molecule has 4 rings (SSSR count). The molecule has 3 aromatic rings. The summed E-state index contributed by atoms with van der Waals surface area (Å²) >= 11 is 0. The first-order chi connectivity index (χ1) is 21.5. The SMILES string of the molecule is COc1ccc([N+](=O)[O-])cc1N(CC(=O)N(Cc1ccccc1C)[C@H](Cc1ccccc1)C(=O)NC1CCCCC1)S(C)(=O)=O. The first kappa shape index (κ1) is 33.4. The number of rotatable bonds is 13. The third-order valence-electron chi connectivity index (χ3n) is 8.15. The maximum atomic E-state index is 14.4. The largest absolute Gasteiger partial charge is 0.495 e. The van der Waals surface area contributed by atoms with E-state index in [9.17, 15) is 28.1 Å². The van der Waals surface area contributed by atoms with Gasteiger partial charge in [-0.3, -0.25) is 24.0 Å². The van der Waals surface area contributed by atoms with Gasteiger partial charge in [0.1, 0.15) is 24.0 Å². The van der Waals surface area contributed by atoms with Crippen molar-refractivity contribution in [2.75, 3.05) is 24.2 Å². The highest BCUT2D eigenvalue weighted by atomic mass is 32.2. The maximum Gasteiger partial charge on any atom is 0.271 e. The third kappa shape index (κ3) is 8.81. The van der Waals surface area contributed by atoms with E-state index in [0.717, 1.165) is 65.4 Å². The number of benzene rings is 3. The monoisotopic (exact) mass is 636 g/mol. The summed E-state index contributed by atoms with van der Waals surface area (Å²) in [6.45, 7) is 1.25. The number of nitro benzene ring substituents is 1. The van der Waals surface area contributed by atoms with Crippen molar-refractivity contribution in [2.45, 2.75) is 64.1 Å². The summed E-state index contributed by atoms with van der Waals surface area (Å²) in [7, 11) is -2.84. The average Bonchev–Trinajstić information content (AvgIpc) is 3.02. The molecule has 3 aromatic carbocycles. The van der Waals surface area contributed by atoms with Crippen molar-refractivity contribution in [3.8, 4) is 5.75 Å². The Morgan fingerprint density at radius 2 is 1.69 bits per heavy atom. The number of sulfonamides is 1. The van der Waals surface area contributed by atoms with Gasteiger partial charge in [-0.05, 0) is 42.5 Å². The molecule has 0 unspecified atom stereocenters. The van der Waals surface area contributed by atoms with E-state index in [2.05, 4.69) is 5.32 Å². The first-order valence-corrected chi connectivity index (χ1v) is 16.8. The number of carbonyl (C=O) groups excluding carboxylic acids is 2. The average molecular weight is 637 g/mol. The molecule has 0 aliphatic heterocycles. The fourth-order valence-electron chi connectivity index (χ4n) is 5.65. The lowest BCUT2D eigenvalue weighted by molar-refractivity contribution is -0.384. The van der Waals surface area contributed by atoms with Gasteiger partial charge in [0.05, 0.1) is 18.3 Å². The van der Waals surface area contributed by atoms with Crippen LogP contribution < -0.4 is 14.4 Å². The Bertz CT molecular complexity index is 1610. The molecular formula is C33H40N4O7S. The van der Waals surface area contributed by atoms with Crippen molar-refractivity contribution in [3.63, 3.8) is 0 Å². The van der Waals surface area contributed by atoms with Crippen molar-refractivity contribution in [2.24, 2.45) is 0 Å². The summed E-state index contributed by atoms with van der Waals surface area (Å²) < 4.78 is 32.5. The molecule has 1 aliphatic carbocycles. The Morgan fingerprint density at radius 1 is 1.02 bits per heavy atom. The van der Waals surface area contributed by atoms with E-state index in [1.54, 1.807) is 0 Å². The number of hydrogen-bond acceptors (Lipinski definition) is 7. The predicted octanol–water partition coefficient (Wildman–Crippen LogP) is 4.77. The molecule has 0 heterocycles. The van der Waals surface area contributed by atoms with Crippen LogP contribution in [0.5, 0.6) is 5.75 Å². The molecule has 0 radical (unpaired) electrons. The maximum absolute atomic E-state index is 14.4. The van der Waals surface area contributed by atoms with Gasteiger partial charge in [0, 0.05) is 31.1 Å². The van der Waals surface area contributed by atoms with Gasteiger partial charge >= 0.3 is 0 Å². The lowest BCUT2D eigenvalue weighted by Crippen LogP contribution is -2.55. The number of amides is 2. The zero-order chi connectivity index (χ0) is 32.6. The van der Waals surface area contributed by atoms with Crippen LogP contribution in [0.4, 0.5) is 11.4 Å². The Hall–Kier alpha value is -4.45. The molecule has 1 atom stereocenters. The summed E-state index contributed by atoms with van der Waals surface area (Å²) in [5, 5.41) is 14.7. The lowest BCUT2D eigenvalue weighted by atomic mass is 9.94. The summed E-state index contributed by atoms with van der Waals surface area (Å²) in [6, 6.07) is 19.4. The number of nitrogens with zero attached hydrogens (tertiary/aromatic N) is 3. The number of hydrogen-bond donors (Lipinski definition) is 1. The van der Waals surface area contributed by atoms with Crippen LogP contribution in [0.25, 0.3) is 0 Å². The van der Waals surface area contributed by atoms with Gasteiger partial charge in [-0.15, -0.1) is 0 Å². The summed E-state index contributed by atoms with van der Waals surface area (Å²) in [5.74, 6) is -0.913. The molecule has 11 nitrogen and oxygen atoms in total. The van der Waals surface area contributed by atoms with Crippen LogP contribution in [-0.2, 0) is 32.6 Å². The zero-order valence-corrected chi connectivity index (χ0v) is 26.7. The smallest absolute Gasteiger partial charge is 0.271 e. The molecule has 45 heavy (non-hydrogen) atoms. The Kier molecular flexibility index (Phi) is 11.2. The minimum Gasteiger partial charge on any atom is -0.495 e. The molecule has 1 N–H and O–H groups in total. The van der Waals surface area contributed by atoms with Gasteiger partial charge in [0.25, 0.3) is 5.69 Å². The van der Waals surface area contributed by atoms with Gasteiger partial charge in [0.2, 0.25) is 21.8 Å². The Balaban J connectivity index is 1.78. The van der Waals surface area contributed by atoms with Gasteiger partial charge in [0.15, 0.2) is 0 Å². The third-order valence-corrected chi connectivity index (χ3v) is 9.27. The van der Waals surface area contributed by atoms with E-state index in [4.69, 9.17) is 4.74 Å². The molecule has 0 spiro atoms. The topological polar surface area (TPSA) is 139 Å². The highest BCUT2D eigenvalue weighted by Gasteiger charge is 2.35. The van der Waals surface area contributed by atoms with E-state index in [0.29, 0.717) is 0 Å². The number of nitrogens with one attached hydrogen (secondary N) is 1. The molecule has 0 bridgehead atoms. The molecule has 1 aliphatic rings. The van der Waals surface area contributed by atoms with E-state index in [1.807, 2.05) is 61.5 Å². The van der Waals surface area contributed by atoms with Gasteiger partial charge < -0.3 is 15.0 Å². The lowest BCUT2D eigenvalue weighted by Gasteiger charge is -2.35. The summed E-state index contributed by atoms with van der Waals surface area (Å²) in [4.78, 5) is 40.8. The molecular weight excluding hydrogens is 596 g/mol. The number of nitro groups is 1. The minimum atomic E-state index is -4.15. The molecule has 0 aromatic heterocycles. The Morgan fingerprint density at radius 3 is 2.31 bits per heavy atom. The van der Waals surface area contributed by atoms with Crippen LogP contribution in [0.15, 0.2) is 72.8 Å². The highest BCUT2D eigenvalue weighted by Crippen LogP contribution is 2.34. The Labute approximate surface area is 264 Å². The van der Waals surface area contributed by atoms with Crippen molar-refractivity contribution in [1.82, 2.24) is 10.2 Å². The van der Waals surface area contributed by atoms with Crippen molar-refractivity contribution in [1.29, 1.82) is 0 Å². The van der Waals surface area contributed by atoms with E-state index in [1.165, 1.54) is 24.1 Å². The van der Waals surface area contributed by atoms with Crippen LogP contribution in [0.2, 0.25) is 0 Å². The molecule has 12 heteroatoms. The van der Waals surface area contributed by atoms with Crippen molar-refractivity contribution in [3.05, 3.63) is 99.6 Å². The van der Waals surface area contributed by atoms with E-state index < -0.39 is 33.4 Å². The van der Waals surface area contributed by atoms with Crippen LogP contribution in [0.3, 0.4) is 0 Å². The standard InChI is InChI=1S/C33H40N4O7S/c1-24-12-10-11-15-26(24)22-35(30(20-25-13-6-4-7-14-25)33(39)34-27-16-8-5-9-17-27)32(38)23-36(45(3,42)43)29-21-28(37(40)41)18-19-31(29)44-2/h4,6-7,10-15,18-19,21,27,30H,5,8-9,16-17,20,22-23H2,1-3H3,(H,34,39)/t30-/m1/s1. The number of carbonyl (C=O) groups is 2. The zero-order valence-electron chi connectivity index (χ0n) is 25.8. The van der Waals surface area contributed by atoms with Crippen LogP contribution >= 0.6 is 0 Å². The number of non-ortho nitro benzene ring substituents is 1. The minimum absolute atomic E-state index is 0.0124. The van der Waals surface area contributed by atoms with Crippen LogP contribution in [0, 0.1) is 17.0 Å². The second-order valence-corrected chi connectivity index (χ2v) is 13.3. The quantitative estimate of drug-likeness (QED) is 0.211. The van der Waals surface area contributed by atoms with E-state index in [-0.39, 0.29) is 42.0 Å². The second kappa shape index (κ2) is 15.0. The number of methoxy groups -OCH3 is 1. The van der Waals surface area contributed by atoms with Gasteiger partial charge in [-0.1, -0.05) is 73.9 Å². The van der Waals surface area contributed by atoms with Gasteiger partial charge in [-0.25, -0.2) is 8.42 Å². The van der Waals surface area contributed by atoms with Crippen LogP contribution in [0.1, 0.15) is 48.8 Å². The fraction of sp³-hybridized carbons (Fsp3) is 0.394. The van der Waals surface area contributed by atoms with Gasteiger partial charge in [-0.2, -0.15) is 0 Å². The second-order valence-electron chi connectivity index (χ2n) is 11.4. The number of aryl methyl sites for hydroxylation is 1. The first-order valence-electron chi connectivity index (χ1n) is 15.0. The molecule has 2 amide bonds.